The third kappa shape index (κ3) is 4.33. The van der Waals surface area contributed by atoms with Crippen molar-refractivity contribution in [2.45, 2.75) is 11.4 Å². The maximum atomic E-state index is 12.7. The second-order valence-electron chi connectivity index (χ2n) is 6.06. The predicted octanol–water partition coefficient (Wildman–Crippen LogP) is 4.27. The van der Waals surface area contributed by atoms with Gasteiger partial charge in [-0.3, -0.25) is 4.79 Å². The van der Waals surface area contributed by atoms with Crippen LogP contribution in [0.3, 0.4) is 0 Å². The topological polar surface area (TPSA) is 101 Å². The largest absolute Gasteiger partial charge is 0.468 e. The summed E-state index contributed by atoms with van der Waals surface area (Å²) in [6.07, 6.45) is 1.47. The van der Waals surface area contributed by atoms with E-state index in [-0.39, 0.29) is 11.4 Å². The molecular formula is C19H14ClN3O4S2. The Bertz CT molecular complexity index is 1280. The molecule has 0 fully saturated rings. The van der Waals surface area contributed by atoms with Gasteiger partial charge in [-0.05, 0) is 60.1 Å². The molecular weight excluding hydrogens is 434 g/mol. The zero-order valence-corrected chi connectivity index (χ0v) is 17.1. The first kappa shape index (κ1) is 19.6. The van der Waals surface area contributed by atoms with Gasteiger partial charge in [0.05, 0.1) is 23.2 Å². The minimum atomic E-state index is -3.78. The van der Waals surface area contributed by atoms with Crippen molar-refractivity contribution < 1.29 is 17.6 Å². The van der Waals surface area contributed by atoms with Crippen LogP contribution in [0.15, 0.2) is 70.2 Å². The standard InChI is InChI=1S/C19H14ClN3O4S2/c20-12-6-7-17-16(9-12)18(28-23-17)19(24)22-13-3-1-5-15(10-13)29(25,26)21-11-14-4-2-8-27-14/h1-10,21H,11H2,(H,22,24). The van der Waals surface area contributed by atoms with E-state index in [1.165, 1.54) is 18.4 Å². The first-order valence-electron chi connectivity index (χ1n) is 8.41. The van der Waals surface area contributed by atoms with E-state index in [1.54, 1.807) is 42.5 Å². The Kier molecular flexibility index (Phi) is 5.37. The molecule has 2 aromatic carbocycles. The molecule has 10 heteroatoms. The van der Waals surface area contributed by atoms with E-state index < -0.39 is 15.9 Å². The van der Waals surface area contributed by atoms with E-state index in [0.717, 1.165) is 11.5 Å². The third-order valence-electron chi connectivity index (χ3n) is 4.06. The van der Waals surface area contributed by atoms with Crippen LogP contribution in [-0.2, 0) is 16.6 Å². The number of sulfonamides is 1. The predicted molar refractivity (Wildman–Crippen MR) is 112 cm³/mol. The number of anilines is 1. The van der Waals surface area contributed by atoms with Crippen LogP contribution in [0.4, 0.5) is 5.69 Å². The van der Waals surface area contributed by atoms with Crippen molar-refractivity contribution in [2.75, 3.05) is 5.32 Å². The molecule has 0 bridgehead atoms. The Morgan fingerprint density at radius 3 is 2.79 bits per heavy atom. The van der Waals surface area contributed by atoms with Gasteiger partial charge in [-0.1, -0.05) is 17.7 Å². The number of furan rings is 1. The number of carbonyl (C=O) groups is 1. The molecule has 4 rings (SSSR count). The molecule has 1 amide bonds. The van der Waals surface area contributed by atoms with E-state index >= 15 is 0 Å². The maximum Gasteiger partial charge on any atom is 0.268 e. The molecule has 29 heavy (non-hydrogen) atoms. The number of nitrogens with one attached hydrogen (secondary N) is 2. The molecule has 0 aliphatic heterocycles. The van der Waals surface area contributed by atoms with Crippen LogP contribution in [0.2, 0.25) is 5.02 Å². The number of fused-ring (bicyclic) bond motifs is 1. The fourth-order valence-corrected chi connectivity index (χ4v) is 4.62. The van der Waals surface area contributed by atoms with Crippen LogP contribution in [0.1, 0.15) is 15.4 Å². The highest BCUT2D eigenvalue weighted by Gasteiger charge is 2.18. The van der Waals surface area contributed by atoms with Gasteiger partial charge in [-0.15, -0.1) is 0 Å². The first-order chi connectivity index (χ1) is 13.9. The van der Waals surface area contributed by atoms with Crippen LogP contribution in [0.5, 0.6) is 0 Å². The zero-order chi connectivity index (χ0) is 20.4. The van der Waals surface area contributed by atoms with Crippen LogP contribution in [-0.4, -0.2) is 18.7 Å². The summed E-state index contributed by atoms with van der Waals surface area (Å²) in [5, 5.41) is 3.86. The molecule has 0 spiro atoms. The number of aromatic nitrogens is 1. The quantitative estimate of drug-likeness (QED) is 0.459. The van der Waals surface area contributed by atoms with Crippen LogP contribution < -0.4 is 10.0 Å². The number of hydrogen-bond acceptors (Lipinski definition) is 6. The highest BCUT2D eigenvalue weighted by molar-refractivity contribution is 7.89. The van der Waals surface area contributed by atoms with E-state index in [4.69, 9.17) is 16.0 Å². The van der Waals surface area contributed by atoms with Crippen LogP contribution in [0.25, 0.3) is 10.9 Å². The van der Waals surface area contributed by atoms with Gasteiger partial charge in [-0.25, -0.2) is 13.1 Å². The van der Waals surface area contributed by atoms with Crippen molar-refractivity contribution in [3.05, 3.63) is 76.5 Å². The van der Waals surface area contributed by atoms with E-state index in [2.05, 4.69) is 14.4 Å². The number of hydrogen-bond donors (Lipinski definition) is 2. The Morgan fingerprint density at radius 1 is 1.14 bits per heavy atom. The average Bonchev–Trinajstić information content (AvgIpc) is 3.36. The van der Waals surface area contributed by atoms with E-state index in [1.807, 2.05) is 0 Å². The third-order valence-corrected chi connectivity index (χ3v) is 6.57. The maximum absolute atomic E-state index is 12.7. The number of carbonyl (C=O) groups excluding carboxylic acids is 1. The molecule has 0 aliphatic carbocycles. The number of nitrogens with zero attached hydrogens (tertiary/aromatic N) is 1. The summed E-state index contributed by atoms with van der Waals surface area (Å²) in [6, 6.07) is 14.5. The number of halogens is 1. The van der Waals surface area contributed by atoms with Gasteiger partial charge >= 0.3 is 0 Å². The molecule has 0 saturated heterocycles. The highest BCUT2D eigenvalue weighted by Crippen LogP contribution is 2.26. The molecule has 2 heterocycles. The second kappa shape index (κ2) is 7.96. The van der Waals surface area contributed by atoms with Crippen molar-refractivity contribution in [1.82, 2.24) is 9.10 Å². The molecule has 2 aromatic heterocycles. The molecule has 2 N–H and O–H groups in total. The summed E-state index contributed by atoms with van der Waals surface area (Å²) >= 11 is 7.07. The molecule has 7 nitrogen and oxygen atoms in total. The average molecular weight is 448 g/mol. The Labute approximate surface area is 175 Å². The summed E-state index contributed by atoms with van der Waals surface area (Å²) < 4.78 is 36.9. The molecule has 0 atom stereocenters. The van der Waals surface area contributed by atoms with Crippen molar-refractivity contribution in [3.63, 3.8) is 0 Å². The van der Waals surface area contributed by atoms with E-state index in [0.29, 0.717) is 32.3 Å². The van der Waals surface area contributed by atoms with Gasteiger partial charge in [0.15, 0.2) is 0 Å². The lowest BCUT2D eigenvalue weighted by Crippen LogP contribution is -2.23. The van der Waals surface area contributed by atoms with Gasteiger partial charge in [0.2, 0.25) is 10.0 Å². The van der Waals surface area contributed by atoms with Crippen molar-refractivity contribution >= 4 is 55.7 Å². The van der Waals surface area contributed by atoms with Crippen molar-refractivity contribution in [3.8, 4) is 0 Å². The minimum Gasteiger partial charge on any atom is -0.468 e. The van der Waals surface area contributed by atoms with Crippen molar-refractivity contribution in [1.29, 1.82) is 0 Å². The summed E-state index contributed by atoms with van der Waals surface area (Å²) in [4.78, 5) is 13.1. The van der Waals surface area contributed by atoms with Gasteiger partial charge in [0.25, 0.3) is 5.91 Å². The zero-order valence-electron chi connectivity index (χ0n) is 14.8. The summed E-state index contributed by atoms with van der Waals surface area (Å²) in [7, 11) is -3.78. The number of benzene rings is 2. The molecule has 0 radical (unpaired) electrons. The minimum absolute atomic E-state index is 0.0269. The molecule has 4 aromatic rings. The van der Waals surface area contributed by atoms with E-state index in [9.17, 15) is 13.2 Å². The summed E-state index contributed by atoms with van der Waals surface area (Å²) in [6.45, 7) is 0.0273. The summed E-state index contributed by atoms with van der Waals surface area (Å²) in [5.74, 6) is 0.103. The second-order valence-corrected chi connectivity index (χ2v) is 9.04. The van der Waals surface area contributed by atoms with Gasteiger partial charge in [0, 0.05) is 16.1 Å². The lowest BCUT2D eigenvalue weighted by Gasteiger charge is -2.08. The Balaban J connectivity index is 1.53. The highest BCUT2D eigenvalue weighted by atomic mass is 35.5. The molecule has 0 aliphatic rings. The fourth-order valence-electron chi connectivity index (χ4n) is 2.67. The SMILES string of the molecule is O=C(Nc1cccc(S(=O)(=O)NCc2ccco2)c1)c1snc2ccc(Cl)cc12. The summed E-state index contributed by atoms with van der Waals surface area (Å²) in [5.41, 5.74) is 1.02. The van der Waals surface area contributed by atoms with Gasteiger partial charge in [-0.2, -0.15) is 4.37 Å². The molecule has 0 saturated carbocycles. The number of amides is 1. The first-order valence-corrected chi connectivity index (χ1v) is 11.0. The van der Waals surface area contributed by atoms with Crippen molar-refractivity contribution in [2.24, 2.45) is 0 Å². The monoisotopic (exact) mass is 447 g/mol. The Morgan fingerprint density at radius 2 is 2.00 bits per heavy atom. The Hall–Kier alpha value is -2.72. The van der Waals surface area contributed by atoms with Crippen LogP contribution >= 0.6 is 23.1 Å². The molecule has 148 valence electrons. The lowest BCUT2D eigenvalue weighted by atomic mass is 10.2. The smallest absolute Gasteiger partial charge is 0.268 e. The van der Waals surface area contributed by atoms with Gasteiger partial charge in [0.1, 0.15) is 10.6 Å². The normalized spacial score (nSPS) is 11.6. The van der Waals surface area contributed by atoms with Crippen LogP contribution in [0, 0.1) is 0 Å². The lowest BCUT2D eigenvalue weighted by molar-refractivity contribution is 0.103. The van der Waals surface area contributed by atoms with Gasteiger partial charge < -0.3 is 9.73 Å². The number of rotatable bonds is 6. The molecule has 0 unspecified atom stereocenters. The fraction of sp³-hybridized carbons (Fsp3) is 0.0526.